The molecule has 1 fully saturated rings. The minimum atomic E-state index is -1.01. The molecule has 1 N–H and O–H groups in total. The van der Waals surface area contributed by atoms with Gasteiger partial charge in [-0.15, -0.1) is 5.10 Å². The van der Waals surface area contributed by atoms with Crippen LogP contribution >= 0.6 is 0 Å². The highest BCUT2D eigenvalue weighted by Crippen LogP contribution is 2.34. The molecule has 5 aromatic heterocycles. The molecule has 0 radical (unpaired) electrons. The number of fused-ring (bicyclic) bond motifs is 1. The molecule has 5 aromatic rings. The Morgan fingerprint density at radius 1 is 1.12 bits per heavy atom. The third kappa shape index (κ3) is 4.19. The second kappa shape index (κ2) is 8.45. The van der Waals surface area contributed by atoms with E-state index in [4.69, 9.17) is 4.98 Å². The van der Waals surface area contributed by atoms with Crippen molar-refractivity contribution in [1.82, 2.24) is 44.5 Å². The lowest BCUT2D eigenvalue weighted by Gasteiger charge is -2.33. The fraction of sp³-hybridized carbons (Fsp3) is 0.292. The zero-order valence-electron chi connectivity index (χ0n) is 18.5. The second-order valence-corrected chi connectivity index (χ2v) is 8.83. The Balaban J connectivity index is 1.14. The number of pyridine rings is 2. The van der Waals surface area contributed by atoms with Crippen LogP contribution in [0.15, 0.2) is 67.6 Å². The standard InChI is InChI=1S/C24H24FN9/c25-24(5-1-6-24)17-27-10-18-3-4-23-29-20(14-32(23)13-18)15-33-16-22(30-31-33)19-9-21(12-26-11-19)34-8-2-7-28-34/h2-4,7-9,11-14,16,27H,1,5-6,10,15,17H2. The SMILES string of the molecule is FC1(CNCc2ccc3nc(Cn4cc(-c5cncc(-n6cccn6)c5)nn4)cn3c2)CCC1. The molecule has 0 spiro atoms. The van der Waals surface area contributed by atoms with Crippen LogP contribution in [0.3, 0.4) is 0 Å². The Morgan fingerprint density at radius 2 is 2.06 bits per heavy atom. The zero-order valence-corrected chi connectivity index (χ0v) is 18.5. The van der Waals surface area contributed by atoms with Gasteiger partial charge in [0.05, 0.1) is 30.3 Å². The van der Waals surface area contributed by atoms with Crippen molar-refractivity contribution in [2.45, 2.75) is 38.0 Å². The van der Waals surface area contributed by atoms with E-state index in [2.05, 4.69) is 25.7 Å². The van der Waals surface area contributed by atoms with Gasteiger partial charge >= 0.3 is 0 Å². The first-order valence-electron chi connectivity index (χ1n) is 11.4. The number of nitrogens with zero attached hydrogens (tertiary/aromatic N) is 8. The summed E-state index contributed by atoms with van der Waals surface area (Å²) in [7, 11) is 0. The Hall–Kier alpha value is -3.92. The molecule has 10 heteroatoms. The van der Waals surface area contributed by atoms with Crippen LogP contribution in [0.25, 0.3) is 22.6 Å². The molecular weight excluding hydrogens is 433 g/mol. The third-order valence-corrected chi connectivity index (χ3v) is 6.23. The summed E-state index contributed by atoms with van der Waals surface area (Å²) in [5.74, 6) is 0. The summed E-state index contributed by atoms with van der Waals surface area (Å²) < 4.78 is 19.7. The summed E-state index contributed by atoms with van der Waals surface area (Å²) >= 11 is 0. The van der Waals surface area contributed by atoms with E-state index >= 15 is 0 Å². The molecule has 0 unspecified atom stereocenters. The molecule has 1 aliphatic carbocycles. The number of aromatic nitrogens is 8. The van der Waals surface area contributed by atoms with Crippen LogP contribution in [0.1, 0.15) is 30.5 Å². The Kier molecular flexibility index (Phi) is 5.14. The monoisotopic (exact) mass is 457 g/mol. The van der Waals surface area contributed by atoms with Gasteiger partial charge in [-0.1, -0.05) is 11.3 Å². The van der Waals surface area contributed by atoms with E-state index in [1.807, 2.05) is 53.5 Å². The van der Waals surface area contributed by atoms with Crippen LogP contribution in [0, 0.1) is 0 Å². The van der Waals surface area contributed by atoms with Crippen molar-refractivity contribution in [3.63, 3.8) is 0 Å². The first-order valence-corrected chi connectivity index (χ1v) is 11.4. The quantitative estimate of drug-likeness (QED) is 0.385. The number of hydrogen-bond acceptors (Lipinski definition) is 6. The van der Waals surface area contributed by atoms with Crippen molar-refractivity contribution in [3.8, 4) is 16.9 Å². The van der Waals surface area contributed by atoms with Gasteiger partial charge in [-0.2, -0.15) is 5.10 Å². The lowest BCUT2D eigenvalue weighted by Crippen LogP contribution is -2.42. The van der Waals surface area contributed by atoms with Gasteiger partial charge in [0.15, 0.2) is 0 Å². The lowest BCUT2D eigenvalue weighted by molar-refractivity contribution is 0.0630. The lowest BCUT2D eigenvalue weighted by atomic mass is 9.82. The summed E-state index contributed by atoms with van der Waals surface area (Å²) in [4.78, 5) is 9.00. The first-order chi connectivity index (χ1) is 16.6. The predicted molar refractivity (Wildman–Crippen MR) is 124 cm³/mol. The maximum atomic E-state index is 14.2. The summed E-state index contributed by atoms with van der Waals surface area (Å²) in [6, 6.07) is 7.85. The topological polar surface area (TPSA) is 90.8 Å². The maximum absolute atomic E-state index is 14.2. The van der Waals surface area contributed by atoms with Crippen molar-refractivity contribution in [3.05, 3.63) is 78.9 Å². The van der Waals surface area contributed by atoms with Crippen LogP contribution < -0.4 is 5.32 Å². The van der Waals surface area contributed by atoms with E-state index in [-0.39, 0.29) is 0 Å². The fourth-order valence-electron chi connectivity index (χ4n) is 4.23. The maximum Gasteiger partial charge on any atom is 0.137 e. The normalized spacial score (nSPS) is 15.0. The van der Waals surface area contributed by atoms with Crippen LogP contribution in [-0.4, -0.2) is 51.4 Å². The number of alkyl halides is 1. The van der Waals surface area contributed by atoms with Crippen LogP contribution in [-0.2, 0) is 13.1 Å². The van der Waals surface area contributed by atoms with Crippen molar-refractivity contribution in [1.29, 1.82) is 0 Å². The smallest absolute Gasteiger partial charge is 0.137 e. The van der Waals surface area contributed by atoms with Gasteiger partial charge in [-0.05, 0) is 43.0 Å². The molecule has 172 valence electrons. The largest absolute Gasteiger partial charge is 0.309 e. The van der Waals surface area contributed by atoms with Gasteiger partial charge in [0.1, 0.15) is 17.0 Å². The number of rotatable bonds is 8. The molecule has 0 aromatic carbocycles. The highest BCUT2D eigenvalue weighted by molar-refractivity contribution is 5.59. The van der Waals surface area contributed by atoms with Crippen molar-refractivity contribution in [2.75, 3.05) is 6.54 Å². The van der Waals surface area contributed by atoms with Crippen molar-refractivity contribution < 1.29 is 4.39 Å². The molecule has 0 aliphatic heterocycles. The molecule has 34 heavy (non-hydrogen) atoms. The summed E-state index contributed by atoms with van der Waals surface area (Å²) in [6.45, 7) is 1.54. The Morgan fingerprint density at radius 3 is 2.88 bits per heavy atom. The first kappa shape index (κ1) is 20.7. The second-order valence-electron chi connectivity index (χ2n) is 8.83. The molecule has 1 aliphatic rings. The fourth-order valence-corrected chi connectivity index (χ4v) is 4.23. The molecular formula is C24H24FN9. The van der Waals surface area contributed by atoms with Gasteiger partial charge < -0.3 is 9.72 Å². The number of nitrogens with one attached hydrogen (secondary N) is 1. The molecule has 6 rings (SSSR count). The minimum absolute atomic E-state index is 0.412. The van der Waals surface area contributed by atoms with E-state index in [9.17, 15) is 4.39 Å². The Bertz CT molecular complexity index is 1420. The van der Waals surface area contributed by atoms with Crippen LogP contribution in [0.5, 0.6) is 0 Å². The molecule has 0 atom stereocenters. The summed E-state index contributed by atoms with van der Waals surface area (Å²) in [6.07, 6.45) is 15.3. The molecule has 5 heterocycles. The molecule has 1 saturated carbocycles. The van der Waals surface area contributed by atoms with Gasteiger partial charge in [-0.3, -0.25) is 4.98 Å². The minimum Gasteiger partial charge on any atom is -0.309 e. The molecule has 9 nitrogen and oxygen atoms in total. The highest BCUT2D eigenvalue weighted by atomic mass is 19.1. The summed E-state index contributed by atoms with van der Waals surface area (Å²) in [5, 5.41) is 16.1. The number of imidazole rings is 1. The molecule has 0 saturated heterocycles. The van der Waals surface area contributed by atoms with Crippen molar-refractivity contribution in [2.24, 2.45) is 0 Å². The van der Waals surface area contributed by atoms with Gasteiger partial charge in [0.2, 0.25) is 0 Å². The number of halogens is 1. The van der Waals surface area contributed by atoms with Crippen molar-refractivity contribution >= 4 is 5.65 Å². The van der Waals surface area contributed by atoms with E-state index < -0.39 is 5.67 Å². The van der Waals surface area contributed by atoms with E-state index in [1.165, 1.54) is 0 Å². The van der Waals surface area contributed by atoms with Gasteiger partial charge in [0, 0.05) is 49.6 Å². The van der Waals surface area contributed by atoms with Gasteiger partial charge in [0.25, 0.3) is 0 Å². The zero-order chi connectivity index (χ0) is 23.0. The molecule has 0 bridgehead atoms. The third-order valence-electron chi connectivity index (χ3n) is 6.23. The Labute approximate surface area is 195 Å². The van der Waals surface area contributed by atoms with Crippen LogP contribution in [0.2, 0.25) is 0 Å². The van der Waals surface area contributed by atoms with Gasteiger partial charge in [-0.25, -0.2) is 18.7 Å². The van der Waals surface area contributed by atoms with Crippen LogP contribution in [0.4, 0.5) is 4.39 Å². The van der Waals surface area contributed by atoms with E-state index in [1.54, 1.807) is 28.0 Å². The highest BCUT2D eigenvalue weighted by Gasteiger charge is 2.36. The molecule has 0 amide bonds. The average molecular weight is 458 g/mol. The van der Waals surface area contributed by atoms with E-state index in [0.29, 0.717) is 32.5 Å². The summed E-state index contributed by atoms with van der Waals surface area (Å²) in [5.41, 5.74) is 4.26. The number of hydrogen-bond donors (Lipinski definition) is 1. The average Bonchev–Trinajstić information content (AvgIpc) is 3.59. The predicted octanol–water partition coefficient (Wildman–Crippen LogP) is 3.20. The van der Waals surface area contributed by atoms with E-state index in [0.717, 1.165) is 40.3 Å².